The van der Waals surface area contributed by atoms with Crippen molar-refractivity contribution in [2.45, 2.75) is 138 Å². The first-order valence-corrected chi connectivity index (χ1v) is 23.4. The van der Waals surface area contributed by atoms with Gasteiger partial charge in [0.25, 0.3) is 0 Å². The molecule has 0 aliphatic carbocycles. The molecule has 8 rings (SSSR count). The van der Waals surface area contributed by atoms with Crippen molar-refractivity contribution in [1.82, 2.24) is 0 Å². The normalized spacial score (nSPS) is 30.7. The second-order valence-corrected chi connectivity index (χ2v) is 18.8. The molecule has 13 heteroatoms. The van der Waals surface area contributed by atoms with Gasteiger partial charge in [-0.3, -0.25) is 0 Å². The number of hydrogen-bond acceptors (Lipinski definition) is 12. The van der Waals surface area contributed by atoms with Crippen LogP contribution < -0.4 is 0 Å². The minimum atomic E-state index is -0.833. The third-order valence-electron chi connectivity index (χ3n) is 11.0. The molecule has 0 saturated carbocycles. The zero-order valence-corrected chi connectivity index (χ0v) is 38.3. The van der Waals surface area contributed by atoms with E-state index in [0.29, 0.717) is 24.2 Å². The maximum atomic E-state index is 7.11. The van der Waals surface area contributed by atoms with E-state index < -0.39 is 78.4 Å². The van der Waals surface area contributed by atoms with Crippen molar-refractivity contribution in [2.24, 2.45) is 0 Å². The van der Waals surface area contributed by atoms with E-state index in [1.54, 1.807) is 11.8 Å². The lowest BCUT2D eigenvalue weighted by molar-refractivity contribution is -0.291. The minimum Gasteiger partial charge on any atom is -0.374 e. The highest BCUT2D eigenvalue weighted by Gasteiger charge is 2.61. The second-order valence-electron chi connectivity index (χ2n) is 16.7. The van der Waals surface area contributed by atoms with Crippen LogP contribution in [0.25, 0.3) is 0 Å². The first kappa shape index (κ1) is 45.1. The first-order chi connectivity index (χ1) is 29.5. The molecule has 4 aromatic rings. The Kier molecular flexibility index (Phi) is 15.2. The molecule has 4 aliphatic rings. The summed E-state index contributed by atoms with van der Waals surface area (Å²) in [6.07, 6.45) is -5.46. The number of halogens is 1. The Morgan fingerprint density at radius 1 is 0.590 bits per heavy atom. The highest BCUT2D eigenvalue weighted by atomic mass is 127. The lowest BCUT2D eigenvalue weighted by Gasteiger charge is -2.46. The fourth-order valence-corrected chi connectivity index (χ4v) is 9.69. The van der Waals surface area contributed by atoms with Gasteiger partial charge in [0.15, 0.2) is 24.2 Å². The number of alkyl halides is 1. The molecule has 4 fully saturated rings. The molecule has 1 unspecified atom stereocenters. The second kappa shape index (κ2) is 20.6. The molecule has 11 atom stereocenters. The van der Waals surface area contributed by atoms with Crippen LogP contribution in [0.1, 0.15) is 49.9 Å². The van der Waals surface area contributed by atoms with Crippen LogP contribution >= 0.6 is 34.4 Å². The SMILES string of the molecule is Cc1ccc(S[C@H]2O[C@H](COCc3ccccc3)[C@@H](OCc3ccccc3)[C@H](OCc3ccccc3)[C@@H]2OC(CI)OC[C@H]2O[C@@H]3OC(C)(C)O[C@@H]3[C@H]3OC(C)(C)O[C@H]32)cc1. The van der Waals surface area contributed by atoms with E-state index in [0.717, 1.165) is 21.6 Å². The summed E-state index contributed by atoms with van der Waals surface area (Å²) in [4.78, 5) is 1.03. The van der Waals surface area contributed by atoms with Gasteiger partial charge in [0.05, 0.1) is 37.5 Å². The van der Waals surface area contributed by atoms with Crippen LogP contribution in [0.4, 0.5) is 0 Å². The van der Waals surface area contributed by atoms with Crippen LogP contribution in [0.5, 0.6) is 0 Å². The Balaban J connectivity index is 1.08. The van der Waals surface area contributed by atoms with E-state index in [1.165, 1.54) is 5.56 Å². The van der Waals surface area contributed by atoms with Crippen molar-refractivity contribution in [3.63, 3.8) is 0 Å². The van der Waals surface area contributed by atoms with Gasteiger partial charge in [-0.1, -0.05) is 143 Å². The monoisotopic (exact) mass is 968 g/mol. The van der Waals surface area contributed by atoms with E-state index >= 15 is 0 Å². The van der Waals surface area contributed by atoms with Crippen LogP contribution in [0.3, 0.4) is 0 Å². The van der Waals surface area contributed by atoms with Crippen LogP contribution in [0, 0.1) is 6.92 Å². The standard InChI is InChI=1S/C48H57IO11S/c1-31-21-23-35(24-22-31)61-46-44(56-38(25-49)51-30-37-40-42(58-47(2,3)57-40)43-45(54-37)60-48(4,5)59-43)41(53-28-34-19-13-8-14-20-34)39(52-27-33-17-11-7-12-18-33)36(55-46)29-50-26-32-15-9-6-10-16-32/h6-24,36-46H,25-30H2,1-5H3/t36-,37-,38?,39-,40+,41+,42+,43-,44+,45-,46-/m1/s1. The van der Waals surface area contributed by atoms with Crippen LogP contribution in [0.2, 0.25) is 0 Å². The molecule has 11 nitrogen and oxygen atoms in total. The maximum absolute atomic E-state index is 7.11. The summed E-state index contributed by atoms with van der Waals surface area (Å²) >= 11 is 3.89. The Bertz CT molecular complexity index is 1940. The summed E-state index contributed by atoms with van der Waals surface area (Å²) in [5, 5.41) is 0. The predicted molar refractivity (Wildman–Crippen MR) is 238 cm³/mol. The minimum absolute atomic E-state index is 0.157. The third-order valence-corrected chi connectivity index (χ3v) is 12.8. The Morgan fingerprint density at radius 2 is 1.15 bits per heavy atom. The Hall–Kier alpha value is -2.48. The van der Waals surface area contributed by atoms with E-state index in [9.17, 15) is 0 Å². The molecule has 328 valence electrons. The lowest BCUT2D eigenvalue weighted by atomic mass is 9.98. The van der Waals surface area contributed by atoms with Crippen LogP contribution in [0.15, 0.2) is 120 Å². The predicted octanol–water partition coefficient (Wildman–Crippen LogP) is 8.76. The highest BCUT2D eigenvalue weighted by Crippen LogP contribution is 2.45. The Morgan fingerprint density at radius 3 is 1.77 bits per heavy atom. The van der Waals surface area contributed by atoms with E-state index in [4.69, 9.17) is 52.1 Å². The molecular formula is C48H57IO11S. The van der Waals surface area contributed by atoms with Gasteiger partial charge in [-0.05, 0) is 63.4 Å². The number of thioether (sulfide) groups is 1. The fraction of sp³-hybridized carbons (Fsp3) is 0.500. The summed E-state index contributed by atoms with van der Waals surface area (Å²) in [7, 11) is 0. The van der Waals surface area contributed by atoms with Gasteiger partial charge in [0, 0.05) is 4.90 Å². The lowest BCUT2D eigenvalue weighted by Crippen LogP contribution is -2.61. The summed E-state index contributed by atoms with van der Waals surface area (Å²) in [5.41, 5.74) is 3.77. The molecule has 4 aromatic carbocycles. The van der Waals surface area contributed by atoms with Gasteiger partial charge in [-0.25, -0.2) is 0 Å². The van der Waals surface area contributed by atoms with Gasteiger partial charge >= 0.3 is 0 Å². The van der Waals surface area contributed by atoms with Gasteiger partial charge in [0.1, 0.15) is 54.3 Å². The van der Waals surface area contributed by atoms with Crippen LogP contribution in [-0.4, -0.2) is 96.1 Å². The number of aryl methyl sites for hydroxylation is 1. The number of rotatable bonds is 18. The molecule has 4 aliphatic heterocycles. The first-order valence-electron chi connectivity index (χ1n) is 21.0. The third kappa shape index (κ3) is 11.8. The van der Waals surface area contributed by atoms with Crippen molar-refractivity contribution < 1.29 is 52.1 Å². The average Bonchev–Trinajstić information content (AvgIpc) is 3.77. The summed E-state index contributed by atoms with van der Waals surface area (Å²) < 4.78 is 73.4. The Labute approximate surface area is 377 Å². The molecule has 0 N–H and O–H groups in total. The van der Waals surface area contributed by atoms with Crippen LogP contribution in [-0.2, 0) is 71.9 Å². The van der Waals surface area contributed by atoms with Crippen molar-refractivity contribution in [1.29, 1.82) is 0 Å². The van der Waals surface area contributed by atoms with E-state index in [1.807, 2.05) is 82.3 Å². The van der Waals surface area contributed by atoms with Crippen molar-refractivity contribution >= 4 is 34.4 Å². The molecule has 0 radical (unpaired) electrons. The zero-order valence-electron chi connectivity index (χ0n) is 35.3. The smallest absolute Gasteiger partial charge is 0.190 e. The quantitative estimate of drug-likeness (QED) is 0.0542. The van der Waals surface area contributed by atoms with Gasteiger partial charge < -0.3 is 52.1 Å². The summed E-state index contributed by atoms with van der Waals surface area (Å²) in [6, 6.07) is 38.8. The molecule has 0 spiro atoms. The van der Waals surface area contributed by atoms with Gasteiger partial charge in [0.2, 0.25) is 0 Å². The number of fused-ring (bicyclic) bond motifs is 3. The van der Waals surface area contributed by atoms with E-state index in [2.05, 4.69) is 90.2 Å². The fourth-order valence-electron chi connectivity index (χ4n) is 8.12. The van der Waals surface area contributed by atoms with Crippen molar-refractivity contribution in [2.75, 3.05) is 17.6 Å². The summed E-state index contributed by atoms with van der Waals surface area (Å²) in [5.74, 6) is -1.66. The van der Waals surface area contributed by atoms with E-state index in [-0.39, 0.29) is 13.2 Å². The van der Waals surface area contributed by atoms with Crippen molar-refractivity contribution in [3.05, 3.63) is 138 Å². The topological polar surface area (TPSA) is 102 Å². The number of hydrogen-bond donors (Lipinski definition) is 0. The van der Waals surface area contributed by atoms with Crippen molar-refractivity contribution in [3.8, 4) is 0 Å². The molecule has 4 heterocycles. The average molecular weight is 969 g/mol. The number of ether oxygens (including phenoxy) is 11. The van der Waals surface area contributed by atoms with Gasteiger partial charge in [-0.2, -0.15) is 0 Å². The largest absolute Gasteiger partial charge is 0.374 e. The molecule has 61 heavy (non-hydrogen) atoms. The molecule has 0 aromatic heterocycles. The number of benzene rings is 4. The van der Waals surface area contributed by atoms with Gasteiger partial charge in [-0.15, -0.1) is 0 Å². The molecule has 0 bridgehead atoms. The molecular weight excluding hydrogens is 911 g/mol. The zero-order chi connectivity index (χ0) is 42.4. The highest BCUT2D eigenvalue weighted by molar-refractivity contribution is 14.1. The maximum Gasteiger partial charge on any atom is 0.190 e. The molecule has 0 amide bonds. The molecule has 4 saturated heterocycles. The summed E-state index contributed by atoms with van der Waals surface area (Å²) in [6.45, 7) is 11.2.